The smallest absolute Gasteiger partial charge is 0.143 e. The van der Waals surface area contributed by atoms with Crippen LogP contribution in [0.5, 0.6) is 0 Å². The van der Waals surface area contributed by atoms with Gasteiger partial charge in [-0.1, -0.05) is 26.6 Å². The third kappa shape index (κ3) is 6.87. The number of hydrogen-bond acceptors (Lipinski definition) is 2. The number of nitrogens with one attached hydrogen (secondary N) is 1. The molecule has 0 bridgehead atoms. The monoisotopic (exact) mass is 250 g/mol. The number of alkyl halides is 1. The number of nitrogens with zero attached hydrogens (tertiary/aromatic N) is 1. The molecule has 0 heterocycles. The summed E-state index contributed by atoms with van der Waals surface area (Å²) < 4.78 is 2.60. The number of hydrogen-bond donors (Lipinski definition) is 1. The van der Waals surface area contributed by atoms with Crippen molar-refractivity contribution in [3.8, 4) is 0 Å². The van der Waals surface area contributed by atoms with Crippen LogP contribution in [0.3, 0.4) is 0 Å². The van der Waals surface area contributed by atoms with Gasteiger partial charge in [-0.25, -0.2) is 0 Å². The lowest BCUT2D eigenvalue weighted by Crippen LogP contribution is -2.53. The van der Waals surface area contributed by atoms with E-state index in [1.54, 1.807) is 0 Å². The summed E-state index contributed by atoms with van der Waals surface area (Å²) in [5, 5.41) is 3.36. The molecule has 0 aromatic carbocycles. The minimum absolute atomic E-state index is 0.781. The Bertz CT molecular complexity index is 129. The summed E-state index contributed by atoms with van der Waals surface area (Å²) in [5.41, 5.74) is 0.781. The first-order chi connectivity index (χ1) is 6.02. The van der Waals surface area contributed by atoms with Crippen LogP contribution in [0.4, 0.5) is 0 Å². The highest BCUT2D eigenvalue weighted by atomic mass is 35.5. The van der Waals surface area contributed by atoms with Gasteiger partial charge in [0, 0.05) is 11.7 Å². The third-order valence-electron chi connectivity index (χ3n) is 1.50. The molecular weight excluding hydrogens is 232 g/mol. The molecule has 0 saturated heterocycles. The Kier molecular flexibility index (Phi) is 7.67. The van der Waals surface area contributed by atoms with Crippen molar-refractivity contribution in [2.24, 2.45) is 0 Å². The zero-order valence-corrected chi connectivity index (χ0v) is 12.7. The van der Waals surface area contributed by atoms with Gasteiger partial charge in [0.2, 0.25) is 0 Å². The van der Waals surface area contributed by atoms with Gasteiger partial charge >= 0.3 is 0 Å². The molecule has 0 aliphatic carbocycles. The Balaban J connectivity index is 3.81. The zero-order valence-electron chi connectivity index (χ0n) is 8.95. The Morgan fingerprint density at radius 1 is 1.31 bits per heavy atom. The molecule has 0 unspecified atom stereocenters. The van der Waals surface area contributed by atoms with E-state index >= 15 is 0 Å². The normalized spacial score (nSPS) is 12.5. The second-order valence-electron chi connectivity index (χ2n) is 3.74. The summed E-state index contributed by atoms with van der Waals surface area (Å²) >= 11 is 5.79. The van der Waals surface area contributed by atoms with Gasteiger partial charge in [-0.2, -0.15) is 0 Å². The highest BCUT2D eigenvalue weighted by Crippen LogP contribution is 2.05. The van der Waals surface area contributed by atoms with Crippen molar-refractivity contribution in [2.45, 2.75) is 26.6 Å². The number of halogens is 1. The first-order valence-electron chi connectivity index (χ1n) is 4.56. The van der Waals surface area contributed by atoms with Crippen LogP contribution < -0.4 is 5.32 Å². The predicted octanol–water partition coefficient (Wildman–Crippen LogP) is 1.12. The van der Waals surface area contributed by atoms with E-state index in [0.717, 1.165) is 37.6 Å². The van der Waals surface area contributed by atoms with E-state index in [-0.39, 0.29) is 0 Å². The van der Waals surface area contributed by atoms with Gasteiger partial charge in [0.25, 0.3) is 0 Å². The predicted molar refractivity (Wildman–Crippen MR) is 66.0 cm³/mol. The first kappa shape index (κ1) is 13.9. The highest BCUT2D eigenvalue weighted by Gasteiger charge is 2.22. The van der Waals surface area contributed by atoms with E-state index in [0.29, 0.717) is 0 Å². The maximum Gasteiger partial charge on any atom is 0.143 e. The fourth-order valence-electron chi connectivity index (χ4n) is 0.850. The van der Waals surface area contributed by atoms with Crippen LogP contribution in [-0.2, 0) is 0 Å². The van der Waals surface area contributed by atoms with Crippen LogP contribution >= 0.6 is 11.6 Å². The van der Waals surface area contributed by atoms with Crippen molar-refractivity contribution >= 4 is 39.2 Å². The summed E-state index contributed by atoms with van der Waals surface area (Å²) in [6, 6.07) is 0. The van der Waals surface area contributed by atoms with Crippen molar-refractivity contribution < 1.29 is 0 Å². The SMILES string of the molecule is CCNC[Si]N([Si]CCl)[Si](C)(C)C. The van der Waals surface area contributed by atoms with Gasteiger partial charge in [0.05, 0.1) is 0 Å². The average molecular weight is 251 g/mol. The molecule has 0 aliphatic rings. The minimum Gasteiger partial charge on any atom is -0.371 e. The second-order valence-corrected chi connectivity index (χ2v) is 12.8. The van der Waals surface area contributed by atoms with Crippen LogP contribution in [0.25, 0.3) is 0 Å². The molecule has 4 radical (unpaired) electrons. The summed E-state index contributed by atoms with van der Waals surface area (Å²) in [4.78, 5) is 0. The van der Waals surface area contributed by atoms with Crippen molar-refractivity contribution in [1.82, 2.24) is 9.21 Å². The lowest BCUT2D eigenvalue weighted by Gasteiger charge is -2.32. The summed E-state index contributed by atoms with van der Waals surface area (Å²) in [7, 11) is 0.578. The molecule has 0 rings (SSSR count). The number of rotatable bonds is 7. The Morgan fingerprint density at radius 2 is 1.92 bits per heavy atom. The van der Waals surface area contributed by atoms with E-state index in [1.807, 2.05) is 0 Å². The molecule has 2 nitrogen and oxygen atoms in total. The highest BCUT2D eigenvalue weighted by molar-refractivity contribution is 6.87. The van der Waals surface area contributed by atoms with Crippen LogP contribution in [0.2, 0.25) is 19.6 Å². The fraction of sp³-hybridized carbons (Fsp3) is 1.00. The van der Waals surface area contributed by atoms with Gasteiger partial charge in [0.1, 0.15) is 27.6 Å². The molecule has 0 spiro atoms. The maximum atomic E-state index is 5.79. The molecule has 0 saturated carbocycles. The molecule has 0 aliphatic heterocycles. The van der Waals surface area contributed by atoms with E-state index in [9.17, 15) is 0 Å². The standard InChI is InChI=1S/C7H19ClN2Si3/c1-5-9-7-12-10(11-6-8)13(2,3)4/h9H,5-7H2,1-4H3. The van der Waals surface area contributed by atoms with Crippen LogP contribution in [-0.4, -0.2) is 49.7 Å². The van der Waals surface area contributed by atoms with E-state index in [1.165, 1.54) is 0 Å². The third-order valence-corrected chi connectivity index (χ3v) is 10.3. The lowest BCUT2D eigenvalue weighted by atomic mass is 10.8. The molecule has 0 amide bonds. The minimum atomic E-state index is -1.12. The van der Waals surface area contributed by atoms with E-state index < -0.39 is 8.24 Å². The summed E-state index contributed by atoms with van der Waals surface area (Å²) in [6.45, 7) is 10.4. The Labute approximate surface area is 93.3 Å². The van der Waals surface area contributed by atoms with E-state index in [4.69, 9.17) is 11.6 Å². The summed E-state index contributed by atoms with van der Waals surface area (Å²) in [5.74, 6) is 0. The van der Waals surface area contributed by atoms with E-state index in [2.05, 4.69) is 35.8 Å². The van der Waals surface area contributed by atoms with Gasteiger partial charge in [0.15, 0.2) is 0 Å². The fourth-order valence-corrected chi connectivity index (χ4v) is 7.64. The first-order valence-corrected chi connectivity index (χ1v) is 10.8. The maximum absolute atomic E-state index is 5.79. The molecule has 0 aromatic rings. The van der Waals surface area contributed by atoms with Crippen LogP contribution in [0, 0.1) is 0 Å². The van der Waals surface area contributed by atoms with Crippen molar-refractivity contribution in [3.05, 3.63) is 0 Å². The largest absolute Gasteiger partial charge is 0.371 e. The Morgan fingerprint density at radius 3 is 2.31 bits per heavy atom. The summed E-state index contributed by atoms with van der Waals surface area (Å²) in [6.07, 6.45) is 1.12. The zero-order chi connectivity index (χ0) is 10.3. The molecular formula is C7H19ClN2Si3. The van der Waals surface area contributed by atoms with Crippen molar-refractivity contribution in [2.75, 3.05) is 18.2 Å². The molecule has 0 aromatic heterocycles. The second kappa shape index (κ2) is 7.19. The van der Waals surface area contributed by atoms with Crippen molar-refractivity contribution in [3.63, 3.8) is 0 Å². The van der Waals surface area contributed by atoms with Crippen LogP contribution in [0.1, 0.15) is 6.92 Å². The van der Waals surface area contributed by atoms with Gasteiger partial charge < -0.3 is 9.21 Å². The van der Waals surface area contributed by atoms with Crippen LogP contribution in [0.15, 0.2) is 0 Å². The molecule has 0 atom stereocenters. The quantitative estimate of drug-likeness (QED) is 0.414. The van der Waals surface area contributed by atoms with Crippen molar-refractivity contribution in [1.29, 1.82) is 0 Å². The molecule has 0 fully saturated rings. The molecule has 6 heteroatoms. The van der Waals surface area contributed by atoms with Gasteiger partial charge in [-0.15, -0.1) is 11.6 Å². The lowest BCUT2D eigenvalue weighted by molar-refractivity contribution is 0.811. The van der Waals surface area contributed by atoms with Gasteiger partial charge in [-0.3, -0.25) is 0 Å². The molecule has 1 N–H and O–H groups in total. The molecule has 13 heavy (non-hydrogen) atoms. The Hall–Kier alpha value is 0.861. The average Bonchev–Trinajstić information content (AvgIpc) is 2.01. The van der Waals surface area contributed by atoms with Gasteiger partial charge in [-0.05, 0) is 6.54 Å². The molecule has 76 valence electrons. The topological polar surface area (TPSA) is 15.3 Å².